The summed E-state index contributed by atoms with van der Waals surface area (Å²) in [5.74, 6) is 5.58. The molecule has 0 saturated carbocycles. The highest BCUT2D eigenvalue weighted by Crippen LogP contribution is 2.29. The summed E-state index contributed by atoms with van der Waals surface area (Å²) in [4.78, 5) is 4.03. The number of hydrogen-bond acceptors (Lipinski definition) is 5. The number of aromatic nitrogens is 1. The molecule has 1 aromatic rings. The molecule has 7 heteroatoms. The van der Waals surface area contributed by atoms with Gasteiger partial charge in [-0.05, 0) is 18.4 Å². The van der Waals surface area contributed by atoms with Gasteiger partial charge in [-0.2, -0.15) is 4.31 Å². The molecule has 1 saturated heterocycles. The molecule has 3 N–H and O–H groups in total. The largest absolute Gasteiger partial charge is 0.395 e. The van der Waals surface area contributed by atoms with Crippen LogP contribution in [0.3, 0.4) is 0 Å². The van der Waals surface area contributed by atoms with Gasteiger partial charge in [0.15, 0.2) is 0 Å². The minimum atomic E-state index is -3.67. The number of sulfonamides is 1. The average molecular weight is 309 g/mol. The maximum Gasteiger partial charge on any atom is 0.244 e. The van der Waals surface area contributed by atoms with Gasteiger partial charge in [0.05, 0.1) is 19.2 Å². The Morgan fingerprint density at radius 1 is 1.52 bits per heavy atom. The Balaban J connectivity index is 2.36. The van der Waals surface area contributed by atoms with Gasteiger partial charge < -0.3 is 10.8 Å². The summed E-state index contributed by atoms with van der Waals surface area (Å²) in [6.45, 7) is 2.37. The summed E-state index contributed by atoms with van der Waals surface area (Å²) in [7, 11) is -3.67. The first kappa shape index (κ1) is 15.9. The van der Waals surface area contributed by atoms with Gasteiger partial charge in [-0.25, -0.2) is 8.42 Å². The van der Waals surface area contributed by atoms with Crippen molar-refractivity contribution in [1.82, 2.24) is 9.29 Å². The fraction of sp³-hybridized carbons (Fsp3) is 0.500. The average Bonchev–Trinajstić information content (AvgIpc) is 2.87. The van der Waals surface area contributed by atoms with Crippen LogP contribution in [-0.4, -0.2) is 48.6 Å². The van der Waals surface area contributed by atoms with Crippen LogP contribution in [0.15, 0.2) is 23.4 Å². The molecular formula is C14H19N3O3S. The summed E-state index contributed by atoms with van der Waals surface area (Å²) in [5.41, 5.74) is 5.81. The molecule has 6 nitrogen and oxygen atoms in total. The Bertz CT molecular complexity index is 664. The van der Waals surface area contributed by atoms with Gasteiger partial charge in [0.1, 0.15) is 4.90 Å². The number of pyridine rings is 1. The molecule has 0 aliphatic carbocycles. The van der Waals surface area contributed by atoms with E-state index in [1.165, 1.54) is 22.8 Å². The van der Waals surface area contributed by atoms with Gasteiger partial charge in [-0.15, -0.1) is 0 Å². The monoisotopic (exact) mass is 309 g/mol. The minimum Gasteiger partial charge on any atom is -0.395 e. The van der Waals surface area contributed by atoms with Crippen molar-refractivity contribution in [2.45, 2.75) is 24.3 Å². The quantitative estimate of drug-likeness (QED) is 0.753. The molecule has 1 aliphatic heterocycles. The molecule has 0 amide bonds. The van der Waals surface area contributed by atoms with Crippen LogP contribution in [0.1, 0.15) is 18.9 Å². The van der Waals surface area contributed by atoms with E-state index in [1.54, 1.807) is 0 Å². The molecule has 2 atom stereocenters. The summed E-state index contributed by atoms with van der Waals surface area (Å²) >= 11 is 0. The van der Waals surface area contributed by atoms with Crippen molar-refractivity contribution < 1.29 is 13.5 Å². The second-order valence-electron chi connectivity index (χ2n) is 5.05. The van der Waals surface area contributed by atoms with E-state index in [1.807, 2.05) is 6.92 Å². The molecule has 0 bridgehead atoms. The van der Waals surface area contributed by atoms with Crippen LogP contribution < -0.4 is 5.73 Å². The fourth-order valence-corrected chi connectivity index (χ4v) is 4.18. The lowest BCUT2D eigenvalue weighted by Gasteiger charge is -2.24. The maximum atomic E-state index is 12.7. The number of nitrogens with two attached hydrogens (primary N) is 1. The fourth-order valence-electron chi connectivity index (χ4n) is 2.46. The molecule has 114 valence electrons. The highest BCUT2D eigenvalue weighted by Gasteiger charge is 2.39. The van der Waals surface area contributed by atoms with Crippen molar-refractivity contribution in [3.63, 3.8) is 0 Å². The van der Waals surface area contributed by atoms with Crippen molar-refractivity contribution in [1.29, 1.82) is 0 Å². The lowest BCUT2D eigenvalue weighted by molar-refractivity contribution is 0.191. The predicted molar refractivity (Wildman–Crippen MR) is 78.7 cm³/mol. The molecule has 0 spiro atoms. The highest BCUT2D eigenvalue weighted by molar-refractivity contribution is 7.89. The Kier molecular flexibility index (Phi) is 4.96. The van der Waals surface area contributed by atoms with Crippen LogP contribution in [-0.2, 0) is 10.0 Å². The van der Waals surface area contributed by atoms with Gasteiger partial charge in [-0.3, -0.25) is 4.98 Å². The topological polar surface area (TPSA) is 96.5 Å². The minimum absolute atomic E-state index is 0.0962. The molecule has 1 aliphatic rings. The molecule has 2 rings (SSSR count). The normalized spacial score (nSPS) is 22.8. The first-order valence-corrected chi connectivity index (χ1v) is 8.21. The Morgan fingerprint density at radius 3 is 2.95 bits per heavy atom. The van der Waals surface area contributed by atoms with E-state index in [2.05, 4.69) is 16.8 Å². The van der Waals surface area contributed by atoms with Crippen LogP contribution >= 0.6 is 0 Å². The molecule has 2 unspecified atom stereocenters. The van der Waals surface area contributed by atoms with Gasteiger partial charge in [0.2, 0.25) is 10.0 Å². The second kappa shape index (κ2) is 6.54. The lowest BCUT2D eigenvalue weighted by atomic mass is 10.0. The number of aliphatic hydroxyl groups is 1. The highest BCUT2D eigenvalue weighted by atomic mass is 32.2. The number of aliphatic hydroxyl groups excluding tert-OH is 1. The second-order valence-corrected chi connectivity index (χ2v) is 6.94. The van der Waals surface area contributed by atoms with Crippen molar-refractivity contribution in [2.75, 3.05) is 19.7 Å². The van der Waals surface area contributed by atoms with E-state index in [0.717, 1.165) is 6.42 Å². The van der Waals surface area contributed by atoms with Crippen molar-refractivity contribution in [3.05, 3.63) is 24.0 Å². The van der Waals surface area contributed by atoms with Gasteiger partial charge in [0, 0.05) is 24.5 Å². The lowest BCUT2D eigenvalue weighted by Crippen LogP contribution is -2.39. The van der Waals surface area contributed by atoms with Crippen molar-refractivity contribution in [2.24, 2.45) is 11.7 Å². The van der Waals surface area contributed by atoms with Crippen molar-refractivity contribution >= 4 is 10.0 Å². The zero-order chi connectivity index (χ0) is 15.5. The molecular weight excluding hydrogens is 290 g/mol. The third kappa shape index (κ3) is 3.24. The molecule has 2 heterocycles. The molecule has 1 aromatic heterocycles. The van der Waals surface area contributed by atoms with Gasteiger partial charge >= 0.3 is 0 Å². The third-order valence-corrected chi connectivity index (χ3v) is 5.56. The van der Waals surface area contributed by atoms with Gasteiger partial charge in [0.25, 0.3) is 0 Å². The van der Waals surface area contributed by atoms with Crippen LogP contribution in [0.5, 0.6) is 0 Å². The number of hydrogen-bond donors (Lipinski definition) is 2. The smallest absolute Gasteiger partial charge is 0.244 e. The van der Waals surface area contributed by atoms with E-state index in [4.69, 9.17) is 5.73 Å². The Morgan fingerprint density at radius 2 is 2.29 bits per heavy atom. The molecule has 0 radical (unpaired) electrons. The maximum absolute atomic E-state index is 12.7. The Hall–Kier alpha value is -1.46. The Labute approximate surface area is 125 Å². The first-order valence-electron chi connectivity index (χ1n) is 6.77. The van der Waals surface area contributed by atoms with Crippen LogP contribution in [0.2, 0.25) is 0 Å². The molecule has 0 aromatic carbocycles. The van der Waals surface area contributed by atoms with Crippen LogP contribution in [0, 0.1) is 17.8 Å². The van der Waals surface area contributed by atoms with E-state index in [-0.39, 0.29) is 30.0 Å². The number of nitrogens with zero attached hydrogens (tertiary/aromatic N) is 2. The third-order valence-electron chi connectivity index (χ3n) is 3.67. The molecule has 1 fully saturated rings. The summed E-state index contributed by atoms with van der Waals surface area (Å²) in [6, 6.07) is 1.11. The van der Waals surface area contributed by atoms with Gasteiger partial charge in [-0.1, -0.05) is 18.8 Å². The van der Waals surface area contributed by atoms with Crippen molar-refractivity contribution in [3.8, 4) is 11.8 Å². The zero-order valence-corrected chi connectivity index (χ0v) is 12.7. The van der Waals surface area contributed by atoms with E-state index < -0.39 is 10.0 Å². The number of rotatable bonds is 3. The summed E-state index contributed by atoms with van der Waals surface area (Å²) < 4.78 is 26.7. The van der Waals surface area contributed by atoms with Crippen LogP contribution in [0.25, 0.3) is 0 Å². The zero-order valence-electron chi connectivity index (χ0n) is 11.9. The predicted octanol–water partition coefficient (Wildman–Crippen LogP) is -0.217. The summed E-state index contributed by atoms with van der Waals surface area (Å²) in [6.07, 6.45) is 3.54. The SMILES string of the molecule is CC1CCN(S(=O)(=O)c2cncc(C#CCN)c2)C1CO. The van der Waals surface area contributed by atoms with E-state index >= 15 is 0 Å². The van der Waals surface area contributed by atoms with E-state index in [9.17, 15) is 13.5 Å². The summed E-state index contributed by atoms with van der Waals surface area (Å²) in [5, 5.41) is 9.43. The first-order chi connectivity index (χ1) is 10.0. The van der Waals surface area contributed by atoms with E-state index in [0.29, 0.717) is 12.1 Å². The standard InChI is InChI=1S/C14H19N3O3S/c1-11-4-6-17(14(11)10-18)21(19,20)13-7-12(3-2-5-15)8-16-9-13/h7-9,11,14,18H,4-6,10,15H2,1H3. The molecule has 21 heavy (non-hydrogen) atoms. The van der Waals surface area contributed by atoms with Crippen LogP contribution in [0.4, 0.5) is 0 Å².